The number of nitrogens with zero attached hydrogens (tertiary/aromatic N) is 1. The zero-order valence-electron chi connectivity index (χ0n) is 11.1. The summed E-state index contributed by atoms with van der Waals surface area (Å²) in [6.45, 7) is 1.99. The van der Waals surface area contributed by atoms with Crippen LogP contribution in [-0.4, -0.2) is 11.0 Å². The molecule has 1 aromatic heterocycles. The lowest BCUT2D eigenvalue weighted by Gasteiger charge is -2.14. The summed E-state index contributed by atoms with van der Waals surface area (Å²) in [5, 5.41) is 5.37. The summed E-state index contributed by atoms with van der Waals surface area (Å²) in [5.41, 5.74) is 2.37. The number of nitrogens with one attached hydrogen (secondary N) is 1. The van der Waals surface area contributed by atoms with Crippen LogP contribution in [0.15, 0.2) is 45.9 Å². The third-order valence-corrected chi connectivity index (χ3v) is 4.94. The van der Waals surface area contributed by atoms with E-state index < -0.39 is 0 Å². The lowest BCUT2D eigenvalue weighted by atomic mass is 10.2. The standard InChI is InChI=1S/C15H11BrN2OS2/c1-9-3-2-4-11(5-9)18-14(19)13(17-15(18)20)7-12-6-10(16)8-21-12/h2-8H,1H3,(H,17,20)/b13-7+. The molecule has 1 amide bonds. The number of rotatable bonds is 2. The summed E-state index contributed by atoms with van der Waals surface area (Å²) in [7, 11) is 0. The van der Waals surface area contributed by atoms with Gasteiger partial charge in [0.25, 0.3) is 5.91 Å². The van der Waals surface area contributed by atoms with Gasteiger partial charge in [0, 0.05) is 14.7 Å². The molecule has 2 heterocycles. The van der Waals surface area contributed by atoms with Gasteiger partial charge in [0.15, 0.2) is 5.11 Å². The minimum Gasteiger partial charge on any atom is -0.327 e. The SMILES string of the molecule is Cc1cccc(N2C(=O)/C(=C\c3cc(Br)cs3)NC2=S)c1. The first-order valence-electron chi connectivity index (χ1n) is 6.22. The van der Waals surface area contributed by atoms with E-state index in [4.69, 9.17) is 12.2 Å². The van der Waals surface area contributed by atoms with Crippen LogP contribution in [0.2, 0.25) is 0 Å². The molecule has 0 bridgehead atoms. The number of thiophene rings is 1. The van der Waals surface area contributed by atoms with Gasteiger partial charge in [0.1, 0.15) is 5.70 Å². The van der Waals surface area contributed by atoms with E-state index >= 15 is 0 Å². The number of carbonyl (C=O) groups is 1. The minimum absolute atomic E-state index is 0.130. The molecule has 1 aliphatic rings. The van der Waals surface area contributed by atoms with Gasteiger partial charge in [-0.2, -0.15) is 0 Å². The third kappa shape index (κ3) is 2.92. The average Bonchev–Trinajstić information content (AvgIpc) is 2.94. The van der Waals surface area contributed by atoms with Crippen LogP contribution in [-0.2, 0) is 4.79 Å². The second kappa shape index (κ2) is 5.71. The average molecular weight is 379 g/mol. The van der Waals surface area contributed by atoms with Crippen molar-refractivity contribution >= 4 is 62.3 Å². The van der Waals surface area contributed by atoms with E-state index in [1.807, 2.05) is 48.7 Å². The number of carbonyl (C=O) groups excluding carboxylic acids is 1. The van der Waals surface area contributed by atoms with Gasteiger partial charge in [-0.1, -0.05) is 12.1 Å². The second-order valence-electron chi connectivity index (χ2n) is 4.64. The van der Waals surface area contributed by atoms with E-state index in [2.05, 4.69) is 21.2 Å². The Hall–Kier alpha value is -1.50. The van der Waals surface area contributed by atoms with E-state index in [0.29, 0.717) is 10.8 Å². The van der Waals surface area contributed by atoms with E-state index in [-0.39, 0.29) is 5.91 Å². The number of thiocarbonyl (C=S) groups is 1. The van der Waals surface area contributed by atoms with Crippen LogP contribution < -0.4 is 10.2 Å². The van der Waals surface area contributed by atoms with Crippen LogP contribution in [0.25, 0.3) is 6.08 Å². The largest absolute Gasteiger partial charge is 0.327 e. The van der Waals surface area contributed by atoms with Crippen LogP contribution in [0.3, 0.4) is 0 Å². The molecular weight excluding hydrogens is 368 g/mol. The molecule has 0 aliphatic carbocycles. The van der Waals surface area contributed by atoms with Crippen molar-refractivity contribution in [2.75, 3.05) is 4.90 Å². The van der Waals surface area contributed by atoms with Crippen LogP contribution in [0.4, 0.5) is 5.69 Å². The summed E-state index contributed by atoms with van der Waals surface area (Å²) in [4.78, 5) is 15.1. The fraction of sp³-hybridized carbons (Fsp3) is 0.0667. The Morgan fingerprint density at radius 3 is 2.86 bits per heavy atom. The Kier molecular flexibility index (Phi) is 3.93. The highest BCUT2D eigenvalue weighted by atomic mass is 79.9. The van der Waals surface area contributed by atoms with E-state index in [1.165, 1.54) is 4.90 Å². The lowest BCUT2D eigenvalue weighted by molar-refractivity contribution is -0.113. The predicted octanol–water partition coefficient (Wildman–Crippen LogP) is 4.08. The normalized spacial score (nSPS) is 16.7. The Balaban J connectivity index is 1.94. The van der Waals surface area contributed by atoms with Gasteiger partial charge < -0.3 is 5.32 Å². The van der Waals surface area contributed by atoms with Crippen molar-refractivity contribution in [3.8, 4) is 0 Å². The first-order valence-corrected chi connectivity index (χ1v) is 8.30. The van der Waals surface area contributed by atoms with E-state index in [0.717, 1.165) is 20.6 Å². The molecule has 1 aromatic carbocycles. The van der Waals surface area contributed by atoms with Gasteiger partial charge in [-0.25, -0.2) is 0 Å². The molecular formula is C15H11BrN2OS2. The molecule has 2 aromatic rings. The number of aryl methyl sites for hydroxylation is 1. The van der Waals surface area contributed by atoms with Crippen LogP contribution in [0.5, 0.6) is 0 Å². The minimum atomic E-state index is -0.130. The molecule has 1 fully saturated rings. The molecule has 21 heavy (non-hydrogen) atoms. The Morgan fingerprint density at radius 1 is 1.38 bits per heavy atom. The van der Waals surface area contributed by atoms with Crippen molar-refractivity contribution < 1.29 is 4.79 Å². The highest BCUT2D eigenvalue weighted by Crippen LogP contribution is 2.26. The number of hydrogen-bond acceptors (Lipinski definition) is 3. The number of anilines is 1. The Labute approximate surface area is 140 Å². The lowest BCUT2D eigenvalue weighted by Crippen LogP contribution is -2.30. The molecule has 0 radical (unpaired) electrons. The Bertz CT molecular complexity index is 767. The smallest absolute Gasteiger partial charge is 0.281 e. The molecule has 3 nitrogen and oxygen atoms in total. The van der Waals surface area contributed by atoms with Crippen LogP contribution in [0.1, 0.15) is 10.4 Å². The van der Waals surface area contributed by atoms with Crippen LogP contribution in [0, 0.1) is 6.92 Å². The van der Waals surface area contributed by atoms with Crippen molar-refractivity contribution in [2.45, 2.75) is 6.92 Å². The number of halogens is 1. The van der Waals surface area contributed by atoms with Crippen molar-refractivity contribution in [1.29, 1.82) is 0 Å². The molecule has 1 saturated heterocycles. The maximum atomic E-state index is 12.5. The zero-order chi connectivity index (χ0) is 15.0. The quantitative estimate of drug-likeness (QED) is 0.631. The zero-order valence-corrected chi connectivity index (χ0v) is 14.3. The summed E-state index contributed by atoms with van der Waals surface area (Å²) in [6, 6.07) is 9.68. The van der Waals surface area contributed by atoms with Gasteiger partial charge in [-0.3, -0.25) is 9.69 Å². The van der Waals surface area contributed by atoms with Gasteiger partial charge in [0.2, 0.25) is 0 Å². The number of hydrogen-bond donors (Lipinski definition) is 1. The highest BCUT2D eigenvalue weighted by molar-refractivity contribution is 9.10. The molecule has 0 atom stereocenters. The Morgan fingerprint density at radius 2 is 2.19 bits per heavy atom. The van der Waals surface area contributed by atoms with Crippen molar-refractivity contribution in [2.24, 2.45) is 0 Å². The molecule has 106 valence electrons. The topological polar surface area (TPSA) is 32.3 Å². The first-order chi connectivity index (χ1) is 10.0. The third-order valence-electron chi connectivity index (χ3n) is 3.01. The van der Waals surface area contributed by atoms with Gasteiger partial charge >= 0.3 is 0 Å². The van der Waals surface area contributed by atoms with E-state index in [1.54, 1.807) is 11.3 Å². The van der Waals surface area contributed by atoms with Crippen molar-refractivity contribution in [1.82, 2.24) is 5.32 Å². The summed E-state index contributed by atoms with van der Waals surface area (Å²) < 4.78 is 1.00. The van der Waals surface area contributed by atoms with Gasteiger partial charge in [-0.15, -0.1) is 11.3 Å². The molecule has 1 aliphatic heterocycles. The van der Waals surface area contributed by atoms with Gasteiger partial charge in [0.05, 0.1) is 5.69 Å². The first kappa shape index (κ1) is 14.4. The molecule has 3 rings (SSSR count). The molecule has 0 spiro atoms. The maximum Gasteiger partial charge on any atom is 0.281 e. The molecule has 0 unspecified atom stereocenters. The maximum absolute atomic E-state index is 12.5. The predicted molar refractivity (Wildman–Crippen MR) is 94.4 cm³/mol. The van der Waals surface area contributed by atoms with Crippen molar-refractivity contribution in [3.63, 3.8) is 0 Å². The number of benzene rings is 1. The molecule has 1 N–H and O–H groups in total. The highest BCUT2D eigenvalue weighted by Gasteiger charge is 2.31. The van der Waals surface area contributed by atoms with Crippen molar-refractivity contribution in [3.05, 3.63) is 56.3 Å². The molecule has 6 heteroatoms. The second-order valence-corrected chi connectivity index (χ2v) is 6.88. The van der Waals surface area contributed by atoms with E-state index in [9.17, 15) is 4.79 Å². The van der Waals surface area contributed by atoms with Crippen LogP contribution >= 0.6 is 39.5 Å². The van der Waals surface area contributed by atoms with Gasteiger partial charge in [-0.05, 0) is 64.9 Å². The fourth-order valence-corrected chi connectivity index (χ4v) is 3.76. The number of amides is 1. The molecule has 0 saturated carbocycles. The summed E-state index contributed by atoms with van der Waals surface area (Å²) >= 11 is 10.3. The summed E-state index contributed by atoms with van der Waals surface area (Å²) in [6.07, 6.45) is 1.82. The fourth-order valence-electron chi connectivity index (χ4n) is 2.08. The summed E-state index contributed by atoms with van der Waals surface area (Å²) in [5.74, 6) is -0.130. The monoisotopic (exact) mass is 378 g/mol.